The topological polar surface area (TPSA) is 56.8 Å². The van der Waals surface area contributed by atoms with Gasteiger partial charge in [0.1, 0.15) is 0 Å². The molecule has 1 aromatic heterocycles. The molecular formula is C15H21N5. The van der Waals surface area contributed by atoms with Crippen molar-refractivity contribution >= 4 is 5.95 Å². The number of H-pyrrole nitrogens is 1. The molecule has 0 bridgehead atoms. The number of aromatic amines is 1. The molecule has 1 saturated heterocycles. The molecule has 5 nitrogen and oxygen atoms in total. The number of piperazine rings is 1. The Kier molecular flexibility index (Phi) is 3.44. The number of benzene rings is 1. The van der Waals surface area contributed by atoms with Gasteiger partial charge in [0.15, 0.2) is 5.82 Å². The van der Waals surface area contributed by atoms with Crippen molar-refractivity contribution in [2.24, 2.45) is 0 Å². The first kappa shape index (κ1) is 13.1. The van der Waals surface area contributed by atoms with E-state index in [0.29, 0.717) is 6.04 Å². The number of nitrogens with zero attached hydrogens (tertiary/aromatic N) is 3. The molecule has 1 atom stereocenters. The van der Waals surface area contributed by atoms with Gasteiger partial charge in [0.25, 0.3) is 0 Å². The molecule has 0 amide bonds. The fourth-order valence-corrected chi connectivity index (χ4v) is 2.64. The highest BCUT2D eigenvalue weighted by Crippen LogP contribution is 2.23. The number of aromatic nitrogens is 3. The van der Waals surface area contributed by atoms with E-state index in [-0.39, 0.29) is 0 Å². The van der Waals surface area contributed by atoms with E-state index in [1.165, 1.54) is 11.1 Å². The molecule has 0 radical (unpaired) electrons. The highest BCUT2D eigenvalue weighted by Gasteiger charge is 2.20. The number of anilines is 1. The van der Waals surface area contributed by atoms with Gasteiger partial charge < -0.3 is 10.2 Å². The summed E-state index contributed by atoms with van der Waals surface area (Å²) in [6.45, 7) is 9.31. The Bertz CT molecular complexity index is 604. The lowest BCUT2D eigenvalue weighted by Gasteiger charge is -2.30. The van der Waals surface area contributed by atoms with Gasteiger partial charge in [0, 0.05) is 31.2 Å². The van der Waals surface area contributed by atoms with Crippen molar-refractivity contribution in [1.29, 1.82) is 0 Å². The number of aryl methyl sites for hydroxylation is 1. The zero-order valence-corrected chi connectivity index (χ0v) is 12.3. The third-order valence-corrected chi connectivity index (χ3v) is 3.98. The molecule has 0 saturated carbocycles. The summed E-state index contributed by atoms with van der Waals surface area (Å²) in [4.78, 5) is 6.90. The summed E-state index contributed by atoms with van der Waals surface area (Å²) in [6, 6.07) is 6.75. The average Bonchev–Trinajstić information content (AvgIpc) is 2.91. The number of nitrogens with one attached hydrogen (secondary N) is 2. The van der Waals surface area contributed by atoms with Crippen LogP contribution in [0, 0.1) is 13.8 Å². The standard InChI is InChI=1S/C15H21N5/c1-10-5-4-6-13(12(10)3)14-17-15(19-18-14)20-8-7-16-11(2)9-20/h4-6,11,16H,7-9H2,1-3H3,(H,17,18,19)/t11-/m0/s1. The largest absolute Gasteiger partial charge is 0.337 e. The Morgan fingerprint density at radius 3 is 2.95 bits per heavy atom. The smallest absolute Gasteiger partial charge is 0.245 e. The van der Waals surface area contributed by atoms with E-state index in [1.54, 1.807) is 0 Å². The van der Waals surface area contributed by atoms with E-state index >= 15 is 0 Å². The van der Waals surface area contributed by atoms with Crippen LogP contribution in [0.1, 0.15) is 18.1 Å². The van der Waals surface area contributed by atoms with Crippen molar-refractivity contribution in [3.8, 4) is 11.4 Å². The molecule has 2 N–H and O–H groups in total. The van der Waals surface area contributed by atoms with Crippen LogP contribution >= 0.6 is 0 Å². The highest BCUT2D eigenvalue weighted by atomic mass is 15.4. The molecule has 5 heteroatoms. The molecule has 1 aliphatic rings. The van der Waals surface area contributed by atoms with Crippen LogP contribution < -0.4 is 10.2 Å². The Balaban J connectivity index is 1.88. The molecule has 0 spiro atoms. The summed E-state index contributed by atoms with van der Waals surface area (Å²) in [5, 5.41) is 10.9. The van der Waals surface area contributed by atoms with E-state index in [9.17, 15) is 0 Å². The van der Waals surface area contributed by atoms with E-state index < -0.39 is 0 Å². The molecule has 2 aromatic rings. The summed E-state index contributed by atoms with van der Waals surface area (Å²) in [5.74, 6) is 1.65. The van der Waals surface area contributed by atoms with E-state index in [2.05, 4.69) is 64.4 Å². The maximum atomic E-state index is 4.67. The molecule has 0 unspecified atom stereocenters. The van der Waals surface area contributed by atoms with Gasteiger partial charge in [-0.05, 0) is 31.9 Å². The fraction of sp³-hybridized carbons (Fsp3) is 0.467. The zero-order valence-electron chi connectivity index (χ0n) is 12.3. The Labute approximate surface area is 119 Å². The second-order valence-corrected chi connectivity index (χ2v) is 5.53. The highest BCUT2D eigenvalue weighted by molar-refractivity contribution is 5.62. The van der Waals surface area contributed by atoms with Gasteiger partial charge in [-0.15, -0.1) is 5.10 Å². The van der Waals surface area contributed by atoms with Crippen molar-refractivity contribution in [3.05, 3.63) is 29.3 Å². The van der Waals surface area contributed by atoms with Crippen molar-refractivity contribution < 1.29 is 0 Å². The maximum Gasteiger partial charge on any atom is 0.245 e. The van der Waals surface area contributed by atoms with Crippen LogP contribution in [-0.2, 0) is 0 Å². The van der Waals surface area contributed by atoms with Crippen LogP contribution in [0.2, 0.25) is 0 Å². The molecular weight excluding hydrogens is 250 g/mol. The van der Waals surface area contributed by atoms with Crippen molar-refractivity contribution in [2.45, 2.75) is 26.8 Å². The normalized spacial score (nSPS) is 19.4. The predicted octanol–water partition coefficient (Wildman–Crippen LogP) is 1.89. The average molecular weight is 271 g/mol. The first-order valence-electron chi connectivity index (χ1n) is 7.12. The quantitative estimate of drug-likeness (QED) is 0.875. The summed E-state index contributed by atoms with van der Waals surface area (Å²) in [5.41, 5.74) is 3.66. The van der Waals surface area contributed by atoms with Crippen molar-refractivity contribution in [1.82, 2.24) is 20.5 Å². The molecule has 1 fully saturated rings. The van der Waals surface area contributed by atoms with Crippen LogP contribution in [0.4, 0.5) is 5.95 Å². The number of rotatable bonds is 2. The first-order chi connectivity index (χ1) is 9.65. The lowest BCUT2D eigenvalue weighted by Crippen LogP contribution is -2.49. The summed E-state index contributed by atoms with van der Waals surface area (Å²) < 4.78 is 0. The van der Waals surface area contributed by atoms with Crippen molar-refractivity contribution in [3.63, 3.8) is 0 Å². The van der Waals surface area contributed by atoms with Gasteiger partial charge in [-0.3, -0.25) is 5.10 Å². The molecule has 0 aliphatic carbocycles. The van der Waals surface area contributed by atoms with Gasteiger partial charge in [0.2, 0.25) is 5.95 Å². The minimum atomic E-state index is 0.478. The maximum absolute atomic E-state index is 4.67. The van der Waals surface area contributed by atoms with Crippen LogP contribution in [0.3, 0.4) is 0 Å². The summed E-state index contributed by atoms with van der Waals surface area (Å²) in [6.07, 6.45) is 0. The van der Waals surface area contributed by atoms with Gasteiger partial charge in [-0.25, -0.2) is 0 Å². The van der Waals surface area contributed by atoms with Crippen LogP contribution in [0.15, 0.2) is 18.2 Å². The van der Waals surface area contributed by atoms with Crippen LogP contribution in [-0.4, -0.2) is 40.9 Å². The lowest BCUT2D eigenvalue weighted by atomic mass is 10.0. The molecule has 1 aromatic carbocycles. The SMILES string of the molecule is Cc1cccc(-c2nc(N3CCN[C@@H](C)C3)n[nH]2)c1C. The Morgan fingerprint density at radius 1 is 1.30 bits per heavy atom. The Morgan fingerprint density at radius 2 is 2.15 bits per heavy atom. The van der Waals surface area contributed by atoms with E-state index in [1.807, 2.05) is 0 Å². The third-order valence-electron chi connectivity index (χ3n) is 3.98. The van der Waals surface area contributed by atoms with E-state index in [0.717, 1.165) is 37.0 Å². The number of hydrogen-bond donors (Lipinski definition) is 2. The van der Waals surface area contributed by atoms with Gasteiger partial charge in [0.05, 0.1) is 0 Å². The van der Waals surface area contributed by atoms with Crippen LogP contribution in [0.25, 0.3) is 11.4 Å². The third kappa shape index (κ3) is 2.41. The first-order valence-corrected chi connectivity index (χ1v) is 7.12. The van der Waals surface area contributed by atoms with Gasteiger partial charge >= 0.3 is 0 Å². The molecule has 20 heavy (non-hydrogen) atoms. The minimum Gasteiger partial charge on any atom is -0.337 e. The second-order valence-electron chi connectivity index (χ2n) is 5.53. The fourth-order valence-electron chi connectivity index (χ4n) is 2.64. The predicted molar refractivity (Wildman–Crippen MR) is 81.0 cm³/mol. The number of hydrogen-bond acceptors (Lipinski definition) is 4. The van der Waals surface area contributed by atoms with E-state index in [4.69, 9.17) is 0 Å². The van der Waals surface area contributed by atoms with Gasteiger partial charge in [-0.2, -0.15) is 4.98 Å². The second kappa shape index (κ2) is 5.25. The molecule has 2 heterocycles. The minimum absolute atomic E-state index is 0.478. The van der Waals surface area contributed by atoms with Gasteiger partial charge in [-0.1, -0.05) is 18.2 Å². The molecule has 106 valence electrons. The molecule has 3 rings (SSSR count). The summed E-state index contributed by atoms with van der Waals surface area (Å²) >= 11 is 0. The zero-order chi connectivity index (χ0) is 14.1. The van der Waals surface area contributed by atoms with Crippen LogP contribution in [0.5, 0.6) is 0 Å². The molecule has 1 aliphatic heterocycles. The lowest BCUT2D eigenvalue weighted by molar-refractivity contribution is 0.480. The monoisotopic (exact) mass is 271 g/mol. The summed E-state index contributed by atoms with van der Waals surface area (Å²) in [7, 11) is 0. The Hall–Kier alpha value is -1.88. The van der Waals surface area contributed by atoms with Crippen molar-refractivity contribution in [2.75, 3.05) is 24.5 Å².